The highest BCUT2D eigenvalue weighted by Crippen LogP contribution is 2.43. The summed E-state index contributed by atoms with van der Waals surface area (Å²) in [4.78, 5) is 12.2. The average Bonchev–Trinajstić information content (AvgIpc) is 2.97. The molecule has 132 valence electrons. The maximum Gasteiger partial charge on any atom is 0.243 e. The van der Waals surface area contributed by atoms with E-state index in [1.165, 1.54) is 16.4 Å². The Balaban J connectivity index is 1.91. The molecule has 0 unspecified atom stereocenters. The molecule has 1 amide bonds. The zero-order chi connectivity index (χ0) is 17.4. The van der Waals surface area contributed by atoms with Crippen LogP contribution in [0.4, 0.5) is 0 Å². The van der Waals surface area contributed by atoms with Crippen LogP contribution in [-0.4, -0.2) is 51.5 Å². The maximum absolute atomic E-state index is 13.0. The summed E-state index contributed by atoms with van der Waals surface area (Å²) in [6, 6.07) is 6.40. The zero-order valence-corrected chi connectivity index (χ0v) is 14.4. The van der Waals surface area contributed by atoms with Gasteiger partial charge in [0.2, 0.25) is 15.9 Å². The molecule has 24 heavy (non-hydrogen) atoms. The van der Waals surface area contributed by atoms with Gasteiger partial charge in [0.25, 0.3) is 0 Å². The van der Waals surface area contributed by atoms with Crippen LogP contribution in [0.2, 0.25) is 0 Å². The molecule has 0 bridgehead atoms. The summed E-state index contributed by atoms with van der Waals surface area (Å²) in [5.74, 6) is -0.145. The first kappa shape index (κ1) is 17.2. The summed E-state index contributed by atoms with van der Waals surface area (Å²) in [6.45, 7) is 3.42. The molecule has 2 heterocycles. The number of nitrogens with two attached hydrogens (primary N) is 1. The maximum atomic E-state index is 13.0. The van der Waals surface area contributed by atoms with E-state index in [0.29, 0.717) is 32.0 Å². The molecule has 0 spiro atoms. The summed E-state index contributed by atoms with van der Waals surface area (Å²) in [6.07, 6.45) is 0.456. The minimum atomic E-state index is -3.72. The van der Waals surface area contributed by atoms with Gasteiger partial charge in [0, 0.05) is 31.7 Å². The van der Waals surface area contributed by atoms with Gasteiger partial charge in [0.05, 0.1) is 23.5 Å². The van der Waals surface area contributed by atoms with E-state index in [0.717, 1.165) is 0 Å². The fourth-order valence-corrected chi connectivity index (χ4v) is 5.12. The minimum absolute atomic E-state index is 0.109. The number of benzene rings is 1. The van der Waals surface area contributed by atoms with Crippen molar-refractivity contribution < 1.29 is 22.7 Å². The predicted molar refractivity (Wildman–Crippen MR) is 86.9 cm³/mol. The number of carbonyl (C=O) groups is 1. The van der Waals surface area contributed by atoms with Crippen molar-refractivity contribution in [2.24, 2.45) is 17.1 Å². The summed E-state index contributed by atoms with van der Waals surface area (Å²) in [5.41, 5.74) is 4.78. The summed E-state index contributed by atoms with van der Waals surface area (Å²) < 4.78 is 38.1. The lowest BCUT2D eigenvalue weighted by atomic mass is 9.74. The first-order valence-corrected chi connectivity index (χ1v) is 9.45. The molecular formula is C16H22N2O5S. The lowest BCUT2D eigenvalue weighted by Gasteiger charge is -2.35. The molecule has 2 aliphatic heterocycles. The van der Waals surface area contributed by atoms with E-state index in [9.17, 15) is 13.2 Å². The van der Waals surface area contributed by atoms with Gasteiger partial charge in [-0.05, 0) is 25.5 Å². The summed E-state index contributed by atoms with van der Waals surface area (Å²) in [5, 5.41) is 0. The van der Waals surface area contributed by atoms with Crippen LogP contribution in [0.1, 0.15) is 13.3 Å². The van der Waals surface area contributed by atoms with Crippen LogP contribution in [0.15, 0.2) is 29.2 Å². The smallest absolute Gasteiger partial charge is 0.243 e. The molecule has 0 radical (unpaired) electrons. The normalized spacial score (nSPS) is 27.6. The fraction of sp³-hybridized carbons (Fsp3) is 0.562. The molecule has 3 rings (SSSR count). The molecule has 1 aromatic rings. The molecule has 1 aromatic carbocycles. The van der Waals surface area contributed by atoms with Crippen molar-refractivity contribution >= 4 is 15.9 Å². The Labute approximate surface area is 141 Å². The quantitative estimate of drug-likeness (QED) is 0.835. The lowest BCUT2D eigenvalue weighted by Crippen LogP contribution is -2.48. The van der Waals surface area contributed by atoms with Crippen LogP contribution in [0.5, 0.6) is 5.75 Å². The Bertz CT molecular complexity index is 736. The fourth-order valence-electron chi connectivity index (χ4n) is 3.53. The molecule has 2 saturated heterocycles. The minimum Gasteiger partial charge on any atom is -0.494 e. The van der Waals surface area contributed by atoms with Crippen molar-refractivity contribution in [3.8, 4) is 5.75 Å². The number of nitrogens with zero attached hydrogens (tertiary/aromatic N) is 1. The van der Waals surface area contributed by atoms with Crippen molar-refractivity contribution in [3.63, 3.8) is 0 Å². The van der Waals surface area contributed by atoms with E-state index in [1.54, 1.807) is 12.1 Å². The van der Waals surface area contributed by atoms with Gasteiger partial charge in [-0.3, -0.25) is 4.79 Å². The highest BCUT2D eigenvalue weighted by Gasteiger charge is 2.55. The highest BCUT2D eigenvalue weighted by molar-refractivity contribution is 7.89. The second-order valence-corrected chi connectivity index (χ2v) is 8.19. The predicted octanol–water partition coefficient (Wildman–Crippen LogP) is 0.598. The van der Waals surface area contributed by atoms with Crippen molar-refractivity contribution in [2.45, 2.75) is 18.2 Å². The molecule has 0 aromatic heterocycles. The number of rotatable bonds is 5. The lowest BCUT2D eigenvalue weighted by molar-refractivity contribution is -0.135. The zero-order valence-electron chi connectivity index (χ0n) is 13.6. The number of primary amides is 1. The number of amides is 1. The van der Waals surface area contributed by atoms with Gasteiger partial charge in [-0.1, -0.05) is 6.07 Å². The Morgan fingerprint density at radius 3 is 2.96 bits per heavy atom. The van der Waals surface area contributed by atoms with Crippen molar-refractivity contribution in [1.82, 2.24) is 4.31 Å². The molecule has 0 saturated carbocycles. The molecule has 2 fully saturated rings. The first-order valence-electron chi connectivity index (χ1n) is 8.01. The van der Waals surface area contributed by atoms with Gasteiger partial charge in [0.1, 0.15) is 5.75 Å². The van der Waals surface area contributed by atoms with Gasteiger partial charge in [-0.2, -0.15) is 4.31 Å². The number of ether oxygens (including phenoxy) is 2. The molecule has 2 atom stereocenters. The summed E-state index contributed by atoms with van der Waals surface area (Å²) >= 11 is 0. The monoisotopic (exact) mass is 354 g/mol. The third-order valence-corrected chi connectivity index (χ3v) is 6.73. The second kappa shape index (κ2) is 6.34. The number of hydrogen-bond donors (Lipinski definition) is 1. The Hall–Kier alpha value is -1.64. The van der Waals surface area contributed by atoms with Crippen LogP contribution < -0.4 is 10.5 Å². The number of fused-ring (bicyclic) bond motifs is 1. The van der Waals surface area contributed by atoms with E-state index >= 15 is 0 Å². The van der Waals surface area contributed by atoms with Crippen LogP contribution >= 0.6 is 0 Å². The third kappa shape index (κ3) is 2.78. The van der Waals surface area contributed by atoms with Gasteiger partial charge in [-0.15, -0.1) is 0 Å². The molecule has 8 heteroatoms. The largest absolute Gasteiger partial charge is 0.494 e. The van der Waals surface area contributed by atoms with Crippen LogP contribution in [0, 0.1) is 11.3 Å². The molecular weight excluding hydrogens is 332 g/mol. The Kier molecular flexibility index (Phi) is 4.54. The average molecular weight is 354 g/mol. The molecule has 7 nitrogen and oxygen atoms in total. The van der Waals surface area contributed by atoms with E-state index in [-0.39, 0.29) is 23.9 Å². The third-order valence-electron chi connectivity index (χ3n) is 4.92. The van der Waals surface area contributed by atoms with Crippen molar-refractivity contribution in [2.75, 3.05) is 32.9 Å². The summed E-state index contributed by atoms with van der Waals surface area (Å²) in [7, 11) is -3.72. The topological polar surface area (TPSA) is 98.9 Å². The number of sulfonamides is 1. The standard InChI is InChI=1S/C16H22N2O5S/c1-2-23-13-4-3-5-14(8-13)24(20,21)18-9-12-10-22-7-6-16(12,11-18)15(17)19/h3-5,8,12H,2,6-7,9-11H2,1H3,(H2,17,19)/t12-,16+/m1/s1. The Morgan fingerprint density at radius 2 is 2.29 bits per heavy atom. The molecule has 0 aliphatic carbocycles. The molecule has 2 N–H and O–H groups in total. The Morgan fingerprint density at radius 1 is 1.50 bits per heavy atom. The van der Waals surface area contributed by atoms with E-state index < -0.39 is 21.3 Å². The first-order chi connectivity index (χ1) is 11.4. The van der Waals surface area contributed by atoms with Gasteiger partial charge in [0.15, 0.2) is 0 Å². The van der Waals surface area contributed by atoms with Crippen molar-refractivity contribution in [3.05, 3.63) is 24.3 Å². The van der Waals surface area contributed by atoms with E-state index in [2.05, 4.69) is 0 Å². The number of carbonyl (C=O) groups excluding carboxylic acids is 1. The van der Waals surface area contributed by atoms with E-state index in [1.807, 2.05) is 6.92 Å². The molecule has 2 aliphatic rings. The van der Waals surface area contributed by atoms with Crippen LogP contribution in [0.25, 0.3) is 0 Å². The van der Waals surface area contributed by atoms with Gasteiger partial charge in [-0.25, -0.2) is 8.42 Å². The highest BCUT2D eigenvalue weighted by atomic mass is 32.2. The van der Waals surface area contributed by atoms with Gasteiger partial charge >= 0.3 is 0 Å². The van der Waals surface area contributed by atoms with Gasteiger partial charge < -0.3 is 15.2 Å². The van der Waals surface area contributed by atoms with E-state index in [4.69, 9.17) is 15.2 Å². The van der Waals surface area contributed by atoms with Crippen molar-refractivity contribution in [1.29, 1.82) is 0 Å². The number of hydrogen-bond acceptors (Lipinski definition) is 5. The SMILES string of the molecule is CCOc1cccc(S(=O)(=O)N2C[C@@H]3COCC[C@]3(C(N)=O)C2)c1. The second-order valence-electron chi connectivity index (χ2n) is 6.25. The van der Waals surface area contributed by atoms with Crippen LogP contribution in [0.3, 0.4) is 0 Å². The van der Waals surface area contributed by atoms with Crippen LogP contribution in [-0.2, 0) is 19.6 Å².